The zero-order valence-corrected chi connectivity index (χ0v) is 25.3. The molecule has 2 aliphatic heterocycles. The van der Waals surface area contributed by atoms with Crippen LogP contribution in [0.2, 0.25) is 0 Å². The summed E-state index contributed by atoms with van der Waals surface area (Å²) < 4.78 is 17.9. The summed E-state index contributed by atoms with van der Waals surface area (Å²) in [5, 5.41) is 42.8. The normalized spacial score (nSPS) is 43.2. The lowest BCUT2D eigenvalue weighted by molar-refractivity contribution is -0.303. The third-order valence-corrected chi connectivity index (χ3v) is 8.33. The van der Waals surface area contributed by atoms with Crippen LogP contribution in [0.1, 0.15) is 60.8 Å². The highest BCUT2D eigenvalue weighted by Crippen LogP contribution is 2.33. The van der Waals surface area contributed by atoms with Gasteiger partial charge in [0, 0.05) is 17.8 Å². The molecule has 0 bridgehead atoms. The monoisotopic (exact) mass is 569 g/mol. The number of nitrogens with zero attached hydrogens (tertiary/aromatic N) is 1. The van der Waals surface area contributed by atoms with Gasteiger partial charge in [0.1, 0.15) is 12.2 Å². The van der Waals surface area contributed by atoms with E-state index in [-0.39, 0.29) is 30.6 Å². The Labute approximate surface area is 239 Å². The molecule has 1 saturated heterocycles. The second kappa shape index (κ2) is 15.5. The Bertz CT molecular complexity index is 890. The summed E-state index contributed by atoms with van der Waals surface area (Å²) in [5.41, 5.74) is 0.763. The van der Waals surface area contributed by atoms with Crippen LogP contribution in [0.4, 0.5) is 0 Å². The maximum Gasteiger partial charge on any atom is 0.308 e. The Morgan fingerprint density at radius 3 is 2.27 bits per heavy atom. The van der Waals surface area contributed by atoms with Gasteiger partial charge in [0.25, 0.3) is 0 Å². The number of ether oxygens (including phenoxy) is 3. The van der Waals surface area contributed by atoms with Crippen molar-refractivity contribution in [3.63, 3.8) is 0 Å². The number of hydrogen-bond donors (Lipinski definition) is 4. The maximum absolute atomic E-state index is 13.0. The van der Waals surface area contributed by atoms with Crippen molar-refractivity contribution in [1.82, 2.24) is 4.90 Å². The molecular formula is C30H51NO9. The van der Waals surface area contributed by atoms with E-state index >= 15 is 0 Å². The number of likely N-dealkylation sites (N-methyl/N-ethyl adjacent to an activating group) is 1. The van der Waals surface area contributed by atoms with Crippen LogP contribution in [0.25, 0.3) is 0 Å². The molecule has 10 heteroatoms. The first kappa shape index (κ1) is 34.5. The molecule has 0 aliphatic carbocycles. The number of carbonyl (C=O) groups excluding carboxylic acids is 2. The third-order valence-electron chi connectivity index (χ3n) is 8.33. The number of cyclic esters (lactones) is 1. The molecule has 230 valence electrons. The summed E-state index contributed by atoms with van der Waals surface area (Å²) in [6.45, 7) is 10.6. The van der Waals surface area contributed by atoms with Crippen molar-refractivity contribution >= 4 is 11.8 Å². The molecule has 2 rings (SSSR count). The van der Waals surface area contributed by atoms with E-state index in [2.05, 4.69) is 0 Å². The smallest absolute Gasteiger partial charge is 0.308 e. The molecule has 4 N–H and O–H groups in total. The molecule has 2 heterocycles. The average molecular weight is 570 g/mol. The van der Waals surface area contributed by atoms with Crippen LogP contribution in [0.5, 0.6) is 0 Å². The molecule has 2 aliphatic rings. The standard InChI is InChI=1S/C30H51NO9/c1-9-24-21(15-32)12-16(2)10-11-22(33)17(3)13-18(4)29(19(5)23(34)14-25(35)39-24)40-30-28(37)26(31(7)8)27(36)20(6)38-30/h10-12,17-21,23-24,26-30,32,34,36-37H,9,13-15H2,1-8H3/b11-10+,16-12+/t17-,18+,19+,20-,21-,23-,24-,26+,27-,28-,29+,30+/m1/s1. The molecule has 1 fully saturated rings. The minimum absolute atomic E-state index is 0.0731. The summed E-state index contributed by atoms with van der Waals surface area (Å²) in [7, 11) is 3.50. The second-order valence-corrected chi connectivity index (χ2v) is 11.9. The Balaban J connectivity index is 2.42. The lowest BCUT2D eigenvalue weighted by atomic mass is 9.82. The van der Waals surface area contributed by atoms with Crippen molar-refractivity contribution in [3.05, 3.63) is 23.8 Å². The first-order valence-electron chi connectivity index (χ1n) is 14.4. The number of hydrogen-bond acceptors (Lipinski definition) is 10. The number of rotatable bonds is 5. The Morgan fingerprint density at radius 1 is 1.05 bits per heavy atom. The van der Waals surface area contributed by atoms with Crippen molar-refractivity contribution in [2.24, 2.45) is 23.7 Å². The fourth-order valence-corrected chi connectivity index (χ4v) is 5.79. The molecule has 10 nitrogen and oxygen atoms in total. The number of aliphatic hydroxyl groups is 4. The lowest BCUT2D eigenvalue weighted by Crippen LogP contribution is -2.63. The topological polar surface area (TPSA) is 146 Å². The molecule has 0 amide bonds. The van der Waals surface area contributed by atoms with Crippen molar-refractivity contribution in [2.45, 2.75) is 110 Å². The van der Waals surface area contributed by atoms with Crippen molar-refractivity contribution < 1.29 is 44.2 Å². The molecule has 40 heavy (non-hydrogen) atoms. The summed E-state index contributed by atoms with van der Waals surface area (Å²) in [4.78, 5) is 27.6. The number of carbonyl (C=O) groups is 2. The first-order chi connectivity index (χ1) is 18.7. The van der Waals surface area contributed by atoms with Gasteiger partial charge in [-0.15, -0.1) is 0 Å². The fourth-order valence-electron chi connectivity index (χ4n) is 5.79. The Kier molecular flexibility index (Phi) is 13.4. The van der Waals surface area contributed by atoms with E-state index in [0.29, 0.717) is 12.8 Å². The number of aliphatic hydroxyl groups excluding tert-OH is 4. The summed E-state index contributed by atoms with van der Waals surface area (Å²) in [6.07, 6.45) is -0.670. The van der Waals surface area contributed by atoms with E-state index in [1.807, 2.05) is 27.7 Å². The van der Waals surface area contributed by atoms with E-state index < -0.39 is 66.8 Å². The van der Waals surface area contributed by atoms with Crippen molar-refractivity contribution in [2.75, 3.05) is 20.7 Å². The van der Waals surface area contributed by atoms with Gasteiger partial charge in [0.05, 0.1) is 43.5 Å². The van der Waals surface area contributed by atoms with Crippen LogP contribution in [0.3, 0.4) is 0 Å². The molecular weight excluding hydrogens is 518 g/mol. The fraction of sp³-hybridized carbons (Fsp3) is 0.800. The molecule has 0 spiro atoms. The van der Waals surface area contributed by atoms with Gasteiger partial charge >= 0.3 is 5.97 Å². The van der Waals surface area contributed by atoms with Gasteiger partial charge in [0.2, 0.25) is 0 Å². The number of allylic oxidation sites excluding steroid dienone is 3. The Morgan fingerprint density at radius 2 is 1.70 bits per heavy atom. The minimum atomic E-state index is -1.18. The van der Waals surface area contributed by atoms with Gasteiger partial charge in [-0.1, -0.05) is 45.4 Å². The van der Waals surface area contributed by atoms with Crippen LogP contribution in [0, 0.1) is 23.7 Å². The van der Waals surface area contributed by atoms with Gasteiger partial charge in [0.15, 0.2) is 12.1 Å². The van der Waals surface area contributed by atoms with Crippen LogP contribution in [0.15, 0.2) is 23.8 Å². The van der Waals surface area contributed by atoms with E-state index in [0.717, 1.165) is 5.57 Å². The van der Waals surface area contributed by atoms with Crippen LogP contribution < -0.4 is 0 Å². The highest BCUT2D eigenvalue weighted by Gasteiger charge is 2.46. The van der Waals surface area contributed by atoms with Gasteiger partial charge < -0.3 is 39.5 Å². The lowest BCUT2D eigenvalue weighted by Gasteiger charge is -2.46. The van der Waals surface area contributed by atoms with Crippen molar-refractivity contribution in [1.29, 1.82) is 0 Å². The van der Waals surface area contributed by atoms with Gasteiger partial charge in [-0.05, 0) is 52.8 Å². The molecule has 0 radical (unpaired) electrons. The number of esters is 1. The Hall–Kier alpha value is -1.66. The van der Waals surface area contributed by atoms with Gasteiger partial charge in [-0.2, -0.15) is 0 Å². The van der Waals surface area contributed by atoms with Gasteiger partial charge in [-0.25, -0.2) is 0 Å². The second-order valence-electron chi connectivity index (χ2n) is 11.9. The zero-order valence-electron chi connectivity index (χ0n) is 25.3. The largest absolute Gasteiger partial charge is 0.462 e. The van der Waals surface area contributed by atoms with Crippen LogP contribution >= 0.6 is 0 Å². The highest BCUT2D eigenvalue weighted by molar-refractivity contribution is 5.91. The minimum Gasteiger partial charge on any atom is -0.462 e. The molecule has 0 aromatic heterocycles. The van der Waals surface area contributed by atoms with E-state index in [9.17, 15) is 30.0 Å². The van der Waals surface area contributed by atoms with Crippen LogP contribution in [-0.2, 0) is 23.8 Å². The maximum atomic E-state index is 13.0. The molecule has 0 unspecified atom stereocenters. The third kappa shape index (κ3) is 8.92. The molecule has 0 aromatic rings. The molecule has 12 atom stereocenters. The summed E-state index contributed by atoms with van der Waals surface area (Å²) >= 11 is 0. The SMILES string of the molecule is CC[C@H]1OC(=O)C[C@@H](O)[C@H](C)[C@@H](O[C@@H]2O[C@H](C)[C@@H](O)[C@H](N(C)C)[C@H]2O)[C@@H](C)C[C@@H](C)C(=O)/C=C/C(C)=C/[C@@H]1CO. The number of ketones is 1. The predicted molar refractivity (Wildman–Crippen MR) is 150 cm³/mol. The molecule has 0 aromatic carbocycles. The summed E-state index contributed by atoms with van der Waals surface area (Å²) in [6, 6.07) is -0.641. The van der Waals surface area contributed by atoms with Crippen molar-refractivity contribution in [3.8, 4) is 0 Å². The van der Waals surface area contributed by atoms with E-state index in [4.69, 9.17) is 14.2 Å². The molecule has 0 saturated carbocycles. The first-order valence-corrected chi connectivity index (χ1v) is 14.4. The van der Waals surface area contributed by atoms with E-state index in [1.165, 1.54) is 6.08 Å². The predicted octanol–water partition coefficient (Wildman–Crippen LogP) is 1.83. The van der Waals surface area contributed by atoms with Gasteiger partial charge in [-0.3, -0.25) is 9.59 Å². The average Bonchev–Trinajstić information content (AvgIpc) is 2.89. The zero-order chi connectivity index (χ0) is 30.3. The highest BCUT2D eigenvalue weighted by atomic mass is 16.7. The van der Waals surface area contributed by atoms with E-state index in [1.54, 1.807) is 45.0 Å². The quantitative estimate of drug-likeness (QED) is 0.362. The summed E-state index contributed by atoms with van der Waals surface area (Å²) in [5.74, 6) is -2.36. The van der Waals surface area contributed by atoms with Crippen LogP contribution in [-0.4, -0.2) is 107 Å².